The number of hydrogen-bond acceptors (Lipinski definition) is 11. The predicted octanol–water partition coefficient (Wildman–Crippen LogP) is -3.42. The second-order valence-corrected chi connectivity index (χ2v) is 12.5. The predicted molar refractivity (Wildman–Crippen MR) is 181 cm³/mol. The van der Waals surface area contributed by atoms with E-state index < -0.39 is 116 Å². The highest BCUT2D eigenvalue weighted by molar-refractivity contribution is 5.95. The van der Waals surface area contributed by atoms with Crippen LogP contribution in [0.3, 0.4) is 0 Å². The maximum atomic E-state index is 13.1. The summed E-state index contributed by atoms with van der Waals surface area (Å²) in [5.41, 5.74) is 16.9. The van der Waals surface area contributed by atoms with Crippen LogP contribution >= 0.6 is 0 Å². The van der Waals surface area contributed by atoms with Crippen molar-refractivity contribution >= 4 is 47.4 Å². The molecule has 51 heavy (non-hydrogen) atoms. The monoisotopic (exact) mass is 722 g/mol. The lowest BCUT2D eigenvalue weighted by atomic mass is 9.98. The first kappa shape index (κ1) is 43.9. The molecule has 0 aliphatic heterocycles. The average molecular weight is 723 g/mol. The third kappa shape index (κ3) is 17.4. The maximum absolute atomic E-state index is 13.1. The average Bonchev–Trinajstić information content (AvgIpc) is 3.03. The molecule has 1 aromatic carbocycles. The number of rotatable bonds is 24. The fourth-order valence-electron chi connectivity index (χ4n) is 4.81. The van der Waals surface area contributed by atoms with E-state index in [4.69, 9.17) is 17.2 Å². The van der Waals surface area contributed by atoms with Crippen LogP contribution in [-0.4, -0.2) is 112 Å². The number of nitrogens with one attached hydrogen (secondary N) is 5. The molecule has 0 radical (unpaired) electrons. The first-order valence-electron chi connectivity index (χ1n) is 16.2. The number of amides is 6. The zero-order valence-corrected chi connectivity index (χ0v) is 28.8. The van der Waals surface area contributed by atoms with Crippen LogP contribution in [0, 0.1) is 5.92 Å². The Morgan fingerprint density at radius 1 is 0.725 bits per heavy atom. The van der Waals surface area contributed by atoms with Crippen molar-refractivity contribution in [2.45, 2.75) is 102 Å². The number of nitrogens with two attached hydrogens (primary N) is 3. The van der Waals surface area contributed by atoms with Crippen molar-refractivity contribution < 1.29 is 53.7 Å². The van der Waals surface area contributed by atoms with Crippen molar-refractivity contribution in [1.82, 2.24) is 26.6 Å². The fourth-order valence-corrected chi connectivity index (χ4v) is 4.81. The van der Waals surface area contributed by atoms with Crippen LogP contribution < -0.4 is 43.8 Å². The van der Waals surface area contributed by atoms with Gasteiger partial charge in [-0.1, -0.05) is 44.2 Å². The number of hydrogen-bond donors (Lipinski definition) is 11. The molecule has 0 unspecified atom stereocenters. The summed E-state index contributed by atoms with van der Waals surface area (Å²) in [6.45, 7) is 4.46. The number of carbonyl (C=O) groups excluding carboxylic acids is 6. The van der Waals surface area contributed by atoms with Crippen molar-refractivity contribution in [3.05, 3.63) is 35.9 Å². The summed E-state index contributed by atoms with van der Waals surface area (Å²) in [7, 11) is 0. The Balaban J connectivity index is 3.00. The number of aliphatic hydroxyl groups is 1. The van der Waals surface area contributed by atoms with Gasteiger partial charge in [-0.3, -0.25) is 38.4 Å². The number of benzene rings is 1. The van der Waals surface area contributed by atoms with E-state index in [1.807, 2.05) is 13.8 Å². The third-order valence-corrected chi connectivity index (χ3v) is 7.52. The highest BCUT2D eigenvalue weighted by Crippen LogP contribution is 2.10. The summed E-state index contributed by atoms with van der Waals surface area (Å²) in [6, 6.07) is 0.884. The van der Waals surface area contributed by atoms with Crippen molar-refractivity contribution in [2.24, 2.45) is 23.1 Å². The zero-order valence-electron chi connectivity index (χ0n) is 28.8. The molecule has 0 saturated heterocycles. The van der Waals surface area contributed by atoms with E-state index in [9.17, 15) is 53.7 Å². The molecule has 0 fully saturated rings. The molecule has 284 valence electrons. The lowest BCUT2D eigenvalue weighted by molar-refractivity contribution is -0.140. The number of aliphatic carboxylic acids is 2. The molecule has 0 aliphatic rings. The number of primary amides is 2. The van der Waals surface area contributed by atoms with Crippen LogP contribution in [-0.2, 0) is 44.8 Å². The molecule has 6 amide bonds. The number of carboxylic acids is 2. The molecule has 1 aromatic rings. The lowest BCUT2D eigenvalue weighted by Gasteiger charge is -2.28. The van der Waals surface area contributed by atoms with Gasteiger partial charge >= 0.3 is 11.9 Å². The summed E-state index contributed by atoms with van der Waals surface area (Å²) in [6.07, 6.45) is -3.23. The van der Waals surface area contributed by atoms with Crippen LogP contribution in [0.2, 0.25) is 0 Å². The van der Waals surface area contributed by atoms with E-state index in [1.54, 1.807) is 30.3 Å². The Morgan fingerprint density at radius 2 is 1.31 bits per heavy atom. The van der Waals surface area contributed by atoms with Crippen LogP contribution in [0.1, 0.15) is 58.4 Å². The molecule has 7 atom stereocenters. The Kier molecular flexibility index (Phi) is 18.8. The normalized spacial score (nSPS) is 15.2. The van der Waals surface area contributed by atoms with E-state index in [1.165, 1.54) is 6.92 Å². The van der Waals surface area contributed by atoms with Crippen molar-refractivity contribution in [3.63, 3.8) is 0 Å². The van der Waals surface area contributed by atoms with Crippen LogP contribution in [0.4, 0.5) is 0 Å². The van der Waals surface area contributed by atoms with Crippen molar-refractivity contribution in [1.29, 1.82) is 0 Å². The number of carbonyl (C=O) groups is 8. The molecule has 0 saturated carbocycles. The first-order chi connectivity index (χ1) is 23.8. The molecule has 0 aliphatic carbocycles. The van der Waals surface area contributed by atoms with Gasteiger partial charge in [-0.25, -0.2) is 0 Å². The van der Waals surface area contributed by atoms with E-state index in [2.05, 4.69) is 26.6 Å². The number of carboxylic acid groups (broad SMARTS) is 2. The van der Waals surface area contributed by atoms with Gasteiger partial charge in [0.1, 0.15) is 18.1 Å². The Morgan fingerprint density at radius 3 is 1.84 bits per heavy atom. The van der Waals surface area contributed by atoms with Gasteiger partial charge in [0.05, 0.1) is 37.1 Å². The minimum Gasteiger partial charge on any atom is -0.481 e. The smallest absolute Gasteiger partial charge is 0.305 e. The SMILES string of the molecule is CC(C)C[C@H](NC(=O)[C@@H](N)CC(N)=O)[C@@H](O)CN[C@@H](CC(=O)O)C(=O)N[C@@H](C)C(=O)N[C@@H](CCC(=O)O)C(=O)N[C@@H](Cc1ccccc1)C(N)=O. The molecular formula is C32H50N8O11. The molecule has 14 N–H and O–H groups in total. The van der Waals surface area contributed by atoms with Gasteiger partial charge in [0.15, 0.2) is 0 Å². The molecular weight excluding hydrogens is 672 g/mol. The van der Waals surface area contributed by atoms with Crippen molar-refractivity contribution in [2.75, 3.05) is 6.54 Å². The van der Waals surface area contributed by atoms with Gasteiger partial charge in [-0.2, -0.15) is 0 Å². The summed E-state index contributed by atoms with van der Waals surface area (Å²) in [5, 5.41) is 41.7. The molecule has 0 heterocycles. The van der Waals surface area contributed by atoms with Gasteiger partial charge in [0.25, 0.3) is 0 Å². The molecule has 0 bridgehead atoms. The second-order valence-electron chi connectivity index (χ2n) is 12.5. The molecule has 0 aromatic heterocycles. The van der Waals surface area contributed by atoms with E-state index in [0.717, 1.165) is 0 Å². The Bertz CT molecular complexity index is 1380. The minimum atomic E-state index is -1.49. The van der Waals surface area contributed by atoms with Gasteiger partial charge in [-0.05, 0) is 31.2 Å². The van der Waals surface area contributed by atoms with E-state index >= 15 is 0 Å². The van der Waals surface area contributed by atoms with Gasteiger partial charge in [0.2, 0.25) is 35.4 Å². The van der Waals surface area contributed by atoms with Crippen LogP contribution in [0.15, 0.2) is 30.3 Å². The van der Waals surface area contributed by atoms with Gasteiger partial charge in [-0.15, -0.1) is 0 Å². The van der Waals surface area contributed by atoms with Crippen LogP contribution in [0.25, 0.3) is 0 Å². The largest absolute Gasteiger partial charge is 0.481 e. The standard InChI is InChI=1S/C32H50N8O11/c1-16(2)11-21(39-30(49)19(33)13-25(34)42)24(41)15-36-23(14-27(45)46)32(51)37-17(3)29(48)38-20(9-10-26(43)44)31(50)40-22(28(35)47)12-18-7-5-4-6-8-18/h4-8,16-17,19-24,36,41H,9-15,33H2,1-3H3,(H2,34,42)(H2,35,47)(H,37,51)(H,38,48)(H,39,49)(H,40,50)(H,43,44)(H,45,46)/t17-,19-,20-,21-,22-,23-,24-/m0/s1. The highest BCUT2D eigenvalue weighted by Gasteiger charge is 2.31. The summed E-state index contributed by atoms with van der Waals surface area (Å²) in [4.78, 5) is 97.9. The summed E-state index contributed by atoms with van der Waals surface area (Å²) >= 11 is 0. The fraction of sp³-hybridized carbons (Fsp3) is 0.562. The summed E-state index contributed by atoms with van der Waals surface area (Å²) < 4.78 is 0. The first-order valence-corrected chi connectivity index (χ1v) is 16.2. The lowest BCUT2D eigenvalue weighted by Crippen LogP contribution is -2.58. The highest BCUT2D eigenvalue weighted by atomic mass is 16.4. The topological polar surface area (TPSA) is 335 Å². The minimum absolute atomic E-state index is 0.0219. The quantitative estimate of drug-likeness (QED) is 0.0496. The Hall–Kier alpha value is -5.14. The molecule has 19 heteroatoms. The second kappa shape index (κ2) is 21.8. The van der Waals surface area contributed by atoms with E-state index in [0.29, 0.717) is 5.56 Å². The number of aliphatic hydroxyl groups excluding tert-OH is 1. The zero-order chi connectivity index (χ0) is 38.8. The molecule has 0 spiro atoms. The molecule has 19 nitrogen and oxygen atoms in total. The molecule has 1 rings (SSSR count). The van der Waals surface area contributed by atoms with E-state index in [-0.39, 0.29) is 25.2 Å². The maximum Gasteiger partial charge on any atom is 0.305 e. The third-order valence-electron chi connectivity index (χ3n) is 7.52. The van der Waals surface area contributed by atoms with Crippen LogP contribution in [0.5, 0.6) is 0 Å². The summed E-state index contributed by atoms with van der Waals surface area (Å²) in [5.74, 6) is -7.95. The van der Waals surface area contributed by atoms with Gasteiger partial charge < -0.3 is 59.1 Å². The van der Waals surface area contributed by atoms with Gasteiger partial charge in [0, 0.05) is 19.4 Å². The van der Waals surface area contributed by atoms with Crippen molar-refractivity contribution in [3.8, 4) is 0 Å². The Labute approximate surface area is 294 Å².